The number of rotatable bonds is 0. The fraction of sp³-hybridized carbons (Fsp3) is 0.286. The maximum Gasteiger partial charge on any atom is 0.169 e. The van der Waals surface area contributed by atoms with Crippen molar-refractivity contribution in [2.24, 2.45) is 4.99 Å². The molecule has 0 spiro atoms. The Morgan fingerprint density at radius 1 is 1.45 bits per heavy atom. The van der Waals surface area contributed by atoms with Gasteiger partial charge in [-0.05, 0) is 19.9 Å². The minimum Gasteiger partial charge on any atom is -0.304 e. The van der Waals surface area contributed by atoms with Gasteiger partial charge in [-0.2, -0.15) is 0 Å². The molecule has 0 aromatic rings. The number of aliphatic imine (C=N–C) groups is 1. The molecule has 4 heteroatoms. The number of fused-ring (bicyclic) bond motifs is 1. The predicted molar refractivity (Wildman–Crippen MR) is 43.1 cm³/mol. The zero-order valence-corrected chi connectivity index (χ0v) is 6.55. The van der Waals surface area contributed by atoms with Gasteiger partial charge in [-0.15, -0.1) is 5.53 Å². The highest BCUT2D eigenvalue weighted by Crippen LogP contribution is 2.19. The van der Waals surface area contributed by atoms with Crippen LogP contribution in [-0.4, -0.2) is 11.2 Å². The molecule has 0 aromatic heterocycles. The van der Waals surface area contributed by atoms with Crippen LogP contribution < -0.4 is 11.0 Å². The van der Waals surface area contributed by atoms with Gasteiger partial charge in [0.2, 0.25) is 0 Å². The fourth-order valence-electron chi connectivity index (χ4n) is 1.12. The maximum atomic E-state index is 4.20. The van der Waals surface area contributed by atoms with Gasteiger partial charge in [0.25, 0.3) is 0 Å². The molecule has 4 nitrogen and oxygen atoms in total. The van der Waals surface area contributed by atoms with Crippen molar-refractivity contribution in [3.63, 3.8) is 0 Å². The van der Waals surface area contributed by atoms with Crippen LogP contribution in [0, 0.1) is 0 Å². The maximum absolute atomic E-state index is 4.20. The summed E-state index contributed by atoms with van der Waals surface area (Å²) >= 11 is 0. The second kappa shape index (κ2) is 2.10. The molecule has 0 saturated heterocycles. The van der Waals surface area contributed by atoms with Gasteiger partial charge in [0, 0.05) is 11.9 Å². The third kappa shape index (κ3) is 0.832. The Bertz CT molecular complexity index is 274. The molecular weight excluding hydrogens is 140 g/mol. The Morgan fingerprint density at radius 3 is 3.00 bits per heavy atom. The standard InChI is InChI=1S/C7H10N4/c1-5-3-4-8-7-6(2)9-10-11(5)7/h3-4,9-10H,1-2H3. The molecule has 0 aromatic carbocycles. The number of hydrogen-bond donors (Lipinski definition) is 2. The fourth-order valence-corrected chi connectivity index (χ4v) is 1.12. The molecule has 0 unspecified atom stereocenters. The first-order chi connectivity index (χ1) is 5.29. The molecule has 0 radical (unpaired) electrons. The smallest absolute Gasteiger partial charge is 0.169 e. The van der Waals surface area contributed by atoms with Crippen molar-refractivity contribution in [1.29, 1.82) is 0 Å². The van der Waals surface area contributed by atoms with Crippen LogP contribution in [0.5, 0.6) is 0 Å². The molecule has 2 N–H and O–H groups in total. The summed E-state index contributed by atoms with van der Waals surface area (Å²) in [6.07, 6.45) is 3.76. The van der Waals surface area contributed by atoms with E-state index in [1.54, 1.807) is 6.21 Å². The average Bonchev–Trinajstić information content (AvgIpc) is 2.35. The van der Waals surface area contributed by atoms with Gasteiger partial charge in [-0.25, -0.2) is 10.0 Å². The lowest BCUT2D eigenvalue weighted by Gasteiger charge is -2.20. The van der Waals surface area contributed by atoms with Crippen LogP contribution >= 0.6 is 0 Å². The third-order valence-corrected chi connectivity index (χ3v) is 1.77. The molecule has 2 aliphatic heterocycles. The number of hydrazine groups is 2. The normalized spacial score (nSPS) is 21.6. The van der Waals surface area contributed by atoms with Crippen LogP contribution in [0.25, 0.3) is 0 Å². The molecule has 11 heavy (non-hydrogen) atoms. The number of nitrogens with one attached hydrogen (secondary N) is 2. The molecule has 2 heterocycles. The largest absolute Gasteiger partial charge is 0.304 e. The van der Waals surface area contributed by atoms with Gasteiger partial charge in [0.05, 0.1) is 5.70 Å². The average molecular weight is 150 g/mol. The predicted octanol–water partition coefficient (Wildman–Crippen LogP) is 0.488. The summed E-state index contributed by atoms with van der Waals surface area (Å²) in [7, 11) is 0. The second-order valence-electron chi connectivity index (χ2n) is 2.61. The number of allylic oxidation sites excluding steroid dienone is 3. The van der Waals surface area contributed by atoms with Gasteiger partial charge in [0.15, 0.2) is 5.82 Å². The minimum atomic E-state index is 0.949. The van der Waals surface area contributed by atoms with Gasteiger partial charge in [-0.3, -0.25) is 0 Å². The molecule has 0 amide bonds. The zero-order valence-electron chi connectivity index (χ0n) is 6.55. The molecule has 2 aliphatic rings. The molecule has 0 aliphatic carbocycles. The van der Waals surface area contributed by atoms with Crippen molar-refractivity contribution in [2.75, 3.05) is 0 Å². The van der Waals surface area contributed by atoms with Gasteiger partial charge >= 0.3 is 0 Å². The van der Waals surface area contributed by atoms with Crippen molar-refractivity contribution in [1.82, 2.24) is 16.0 Å². The van der Waals surface area contributed by atoms with E-state index in [1.807, 2.05) is 24.9 Å². The first-order valence-corrected chi connectivity index (χ1v) is 3.52. The van der Waals surface area contributed by atoms with Crippen LogP contribution in [-0.2, 0) is 0 Å². The highest BCUT2D eigenvalue weighted by molar-refractivity contribution is 5.74. The summed E-state index contributed by atoms with van der Waals surface area (Å²) in [5.41, 5.74) is 8.17. The monoisotopic (exact) mass is 150 g/mol. The van der Waals surface area contributed by atoms with Crippen LogP contribution in [0.15, 0.2) is 28.3 Å². The number of hydrogen-bond acceptors (Lipinski definition) is 4. The highest BCUT2D eigenvalue weighted by Gasteiger charge is 2.20. The molecule has 58 valence electrons. The molecule has 2 rings (SSSR count). The van der Waals surface area contributed by atoms with Gasteiger partial charge < -0.3 is 5.43 Å². The first kappa shape index (κ1) is 6.42. The van der Waals surface area contributed by atoms with E-state index in [0.29, 0.717) is 0 Å². The summed E-state index contributed by atoms with van der Waals surface area (Å²) in [4.78, 5) is 4.20. The van der Waals surface area contributed by atoms with Crippen molar-refractivity contribution < 1.29 is 0 Å². The topological polar surface area (TPSA) is 39.7 Å². The van der Waals surface area contributed by atoms with E-state index in [-0.39, 0.29) is 0 Å². The molecular formula is C7H10N4. The first-order valence-electron chi connectivity index (χ1n) is 3.52. The third-order valence-electron chi connectivity index (χ3n) is 1.77. The molecule has 0 fully saturated rings. The van der Waals surface area contributed by atoms with Gasteiger partial charge in [-0.1, -0.05) is 0 Å². The van der Waals surface area contributed by atoms with Crippen LogP contribution in [0.2, 0.25) is 0 Å². The van der Waals surface area contributed by atoms with E-state index in [2.05, 4.69) is 16.0 Å². The number of nitrogens with zero attached hydrogens (tertiary/aromatic N) is 2. The Hall–Kier alpha value is -1.29. The van der Waals surface area contributed by atoms with Crippen molar-refractivity contribution in [3.8, 4) is 0 Å². The summed E-state index contributed by atoms with van der Waals surface area (Å²) in [5, 5.41) is 1.91. The van der Waals surface area contributed by atoms with E-state index < -0.39 is 0 Å². The lowest BCUT2D eigenvalue weighted by molar-refractivity contribution is 0.312. The van der Waals surface area contributed by atoms with E-state index >= 15 is 0 Å². The van der Waals surface area contributed by atoms with Gasteiger partial charge in [0.1, 0.15) is 0 Å². The highest BCUT2D eigenvalue weighted by atomic mass is 15.7. The van der Waals surface area contributed by atoms with Crippen LogP contribution in [0.4, 0.5) is 0 Å². The summed E-state index contributed by atoms with van der Waals surface area (Å²) in [5.74, 6) is 0.949. The second-order valence-corrected chi connectivity index (χ2v) is 2.61. The van der Waals surface area contributed by atoms with E-state index in [9.17, 15) is 0 Å². The Balaban J connectivity index is 2.41. The molecule has 0 bridgehead atoms. The summed E-state index contributed by atoms with van der Waals surface area (Å²) in [6, 6.07) is 0. The van der Waals surface area contributed by atoms with E-state index in [0.717, 1.165) is 17.2 Å². The summed E-state index contributed by atoms with van der Waals surface area (Å²) in [6.45, 7) is 4.01. The molecule has 0 atom stereocenters. The van der Waals surface area contributed by atoms with E-state index in [1.165, 1.54) is 0 Å². The van der Waals surface area contributed by atoms with E-state index in [4.69, 9.17) is 0 Å². The Morgan fingerprint density at radius 2 is 2.27 bits per heavy atom. The summed E-state index contributed by atoms with van der Waals surface area (Å²) < 4.78 is 0. The quantitative estimate of drug-likeness (QED) is 0.528. The Kier molecular flexibility index (Phi) is 1.22. The van der Waals surface area contributed by atoms with Crippen molar-refractivity contribution >= 4 is 6.21 Å². The van der Waals surface area contributed by atoms with Crippen molar-refractivity contribution in [2.45, 2.75) is 13.8 Å². The molecule has 0 saturated carbocycles. The lowest BCUT2D eigenvalue weighted by Crippen LogP contribution is -2.36. The van der Waals surface area contributed by atoms with Crippen LogP contribution in [0.3, 0.4) is 0 Å². The Labute approximate surface area is 65.2 Å². The van der Waals surface area contributed by atoms with Crippen molar-refractivity contribution in [3.05, 3.63) is 23.3 Å². The minimum absolute atomic E-state index is 0.949. The lowest BCUT2D eigenvalue weighted by atomic mass is 10.3. The van der Waals surface area contributed by atoms with Crippen LogP contribution in [0.1, 0.15) is 13.8 Å². The zero-order chi connectivity index (χ0) is 7.84. The SMILES string of the molecule is CC1=CC=NC2=C(C)NNN12.